The summed E-state index contributed by atoms with van der Waals surface area (Å²) in [6.45, 7) is 2.75. The Labute approximate surface area is 185 Å². The molecule has 0 saturated carbocycles. The minimum absolute atomic E-state index is 0.0312. The fourth-order valence-corrected chi connectivity index (χ4v) is 5.32. The summed E-state index contributed by atoms with van der Waals surface area (Å²) in [5, 5.41) is 21.8. The summed E-state index contributed by atoms with van der Waals surface area (Å²) in [4.78, 5) is 19.7. The minimum atomic E-state index is -1.14. The van der Waals surface area contributed by atoms with E-state index in [1.807, 2.05) is 6.92 Å². The second-order valence-electron chi connectivity index (χ2n) is 7.74. The molecule has 0 bridgehead atoms. The molecule has 10 heteroatoms. The standard InChI is InChI=1S/C21H19ClFN3O4S/c1-10-9-30-15-8-25-7-13(18(27)19(28)17(25)21(29)26(10)15)20-24-6-12(31-20)5-11-3-2-4-14(22)16(11)23/h2-4,6-7,10,15,21,28-29H,5,8-9H2,1H3/t10-,15+,21?/m0/s1. The molecular formula is C21H19ClFN3O4S. The highest BCUT2D eigenvalue weighted by atomic mass is 35.5. The molecule has 31 heavy (non-hydrogen) atoms. The van der Waals surface area contributed by atoms with Crippen LogP contribution >= 0.6 is 22.9 Å². The largest absolute Gasteiger partial charge is 0.503 e. The van der Waals surface area contributed by atoms with Crippen molar-refractivity contribution in [1.82, 2.24) is 14.5 Å². The van der Waals surface area contributed by atoms with Gasteiger partial charge in [0, 0.05) is 29.7 Å². The van der Waals surface area contributed by atoms with E-state index in [1.165, 1.54) is 17.4 Å². The van der Waals surface area contributed by atoms with Gasteiger partial charge >= 0.3 is 0 Å². The number of thiazole rings is 1. The molecule has 1 fully saturated rings. The van der Waals surface area contributed by atoms with Crippen LogP contribution in [0.15, 0.2) is 35.4 Å². The van der Waals surface area contributed by atoms with Crippen molar-refractivity contribution >= 4 is 22.9 Å². The number of aromatic nitrogens is 2. The maximum atomic E-state index is 14.2. The molecule has 1 unspecified atom stereocenters. The van der Waals surface area contributed by atoms with E-state index in [1.54, 1.807) is 34.0 Å². The number of halogens is 2. The number of aliphatic hydroxyl groups is 1. The van der Waals surface area contributed by atoms with Gasteiger partial charge in [0.2, 0.25) is 5.43 Å². The van der Waals surface area contributed by atoms with Crippen LogP contribution in [0.3, 0.4) is 0 Å². The highest BCUT2D eigenvalue weighted by molar-refractivity contribution is 7.15. The molecule has 3 atom stereocenters. The average Bonchev–Trinajstić information content (AvgIpc) is 3.35. The highest BCUT2D eigenvalue weighted by Crippen LogP contribution is 2.38. The molecule has 0 radical (unpaired) electrons. The lowest BCUT2D eigenvalue weighted by molar-refractivity contribution is -0.105. The van der Waals surface area contributed by atoms with E-state index in [9.17, 15) is 19.4 Å². The van der Waals surface area contributed by atoms with Crippen molar-refractivity contribution in [2.75, 3.05) is 6.61 Å². The third kappa shape index (κ3) is 3.37. The topological polar surface area (TPSA) is 87.8 Å². The van der Waals surface area contributed by atoms with Gasteiger partial charge in [-0.05, 0) is 18.6 Å². The Balaban J connectivity index is 1.51. The van der Waals surface area contributed by atoms with Crippen molar-refractivity contribution in [1.29, 1.82) is 0 Å². The average molecular weight is 464 g/mol. The van der Waals surface area contributed by atoms with Crippen LogP contribution in [-0.4, -0.2) is 43.5 Å². The van der Waals surface area contributed by atoms with Crippen molar-refractivity contribution in [2.24, 2.45) is 0 Å². The zero-order valence-corrected chi connectivity index (χ0v) is 18.0. The van der Waals surface area contributed by atoms with Crippen molar-refractivity contribution in [2.45, 2.75) is 38.4 Å². The molecule has 3 aromatic rings. The predicted octanol–water partition coefficient (Wildman–Crippen LogP) is 3.11. The van der Waals surface area contributed by atoms with Gasteiger partial charge in [0.05, 0.1) is 23.7 Å². The number of rotatable bonds is 3. The lowest BCUT2D eigenvalue weighted by atomic mass is 10.1. The summed E-state index contributed by atoms with van der Waals surface area (Å²) in [6.07, 6.45) is 1.97. The Hall–Kier alpha value is -2.30. The van der Waals surface area contributed by atoms with E-state index in [0.29, 0.717) is 23.7 Å². The Morgan fingerprint density at radius 2 is 2.23 bits per heavy atom. The molecule has 1 saturated heterocycles. The number of hydrogen-bond donors (Lipinski definition) is 2. The smallest absolute Gasteiger partial charge is 0.233 e. The number of aromatic hydroxyl groups is 1. The lowest BCUT2D eigenvalue weighted by Gasteiger charge is -2.38. The number of pyridine rings is 1. The Morgan fingerprint density at radius 3 is 3.03 bits per heavy atom. The summed E-state index contributed by atoms with van der Waals surface area (Å²) in [7, 11) is 0. The van der Waals surface area contributed by atoms with Crippen LogP contribution in [0, 0.1) is 5.82 Å². The molecule has 2 aromatic heterocycles. The number of hydrogen-bond acceptors (Lipinski definition) is 7. The van der Waals surface area contributed by atoms with Crippen molar-refractivity contribution in [3.63, 3.8) is 0 Å². The van der Waals surface area contributed by atoms with E-state index in [4.69, 9.17) is 16.3 Å². The zero-order valence-electron chi connectivity index (χ0n) is 16.5. The first-order valence-corrected chi connectivity index (χ1v) is 11.0. The van der Waals surface area contributed by atoms with Gasteiger partial charge in [-0.25, -0.2) is 14.3 Å². The quantitative estimate of drug-likeness (QED) is 0.620. The molecular weight excluding hydrogens is 445 g/mol. The highest BCUT2D eigenvalue weighted by Gasteiger charge is 2.43. The molecule has 4 heterocycles. The van der Waals surface area contributed by atoms with Crippen LogP contribution in [-0.2, 0) is 17.7 Å². The molecule has 1 aromatic carbocycles. The van der Waals surface area contributed by atoms with Gasteiger partial charge < -0.3 is 19.5 Å². The molecule has 0 amide bonds. The van der Waals surface area contributed by atoms with Gasteiger partial charge in [-0.15, -0.1) is 11.3 Å². The molecule has 2 N–H and O–H groups in total. The van der Waals surface area contributed by atoms with E-state index < -0.39 is 23.2 Å². The molecule has 7 nitrogen and oxygen atoms in total. The van der Waals surface area contributed by atoms with Crippen molar-refractivity contribution in [3.05, 3.63) is 67.8 Å². The Bertz CT molecular complexity index is 1230. The number of ether oxygens (including phenoxy) is 1. The first-order valence-electron chi connectivity index (χ1n) is 9.76. The van der Waals surface area contributed by atoms with E-state index in [-0.39, 0.29) is 35.0 Å². The van der Waals surface area contributed by atoms with Crippen LogP contribution in [0.4, 0.5) is 4.39 Å². The molecule has 0 spiro atoms. The third-order valence-corrected chi connectivity index (χ3v) is 7.05. The first kappa shape index (κ1) is 20.6. The SMILES string of the molecule is C[C@H]1CO[C@@H]2Cn3cc(-c4ncc(Cc5cccc(Cl)c5F)s4)c(=O)c(O)c3C(O)N12. The normalized spacial score (nSPS) is 23.0. The van der Waals surface area contributed by atoms with Gasteiger partial charge in [0.15, 0.2) is 12.0 Å². The molecule has 162 valence electrons. The van der Waals surface area contributed by atoms with Crippen molar-refractivity contribution in [3.8, 4) is 16.3 Å². The maximum Gasteiger partial charge on any atom is 0.233 e. The van der Waals surface area contributed by atoms with Crippen LogP contribution < -0.4 is 5.43 Å². The predicted molar refractivity (Wildman–Crippen MR) is 114 cm³/mol. The summed E-state index contributed by atoms with van der Waals surface area (Å²) in [6, 6.07) is 4.78. The summed E-state index contributed by atoms with van der Waals surface area (Å²) >= 11 is 7.09. The lowest BCUT2D eigenvalue weighted by Crippen LogP contribution is -2.46. The maximum absolute atomic E-state index is 14.2. The summed E-state index contributed by atoms with van der Waals surface area (Å²) in [5.74, 6) is -0.977. The molecule has 2 aliphatic heterocycles. The van der Waals surface area contributed by atoms with Crippen LogP contribution in [0.2, 0.25) is 5.02 Å². The van der Waals surface area contributed by atoms with Gasteiger partial charge in [-0.2, -0.15) is 0 Å². The van der Waals surface area contributed by atoms with Crippen LogP contribution in [0.25, 0.3) is 10.6 Å². The fourth-order valence-electron chi connectivity index (χ4n) is 4.19. The fraction of sp³-hybridized carbons (Fsp3) is 0.333. The molecule has 0 aliphatic carbocycles. The van der Waals surface area contributed by atoms with Crippen LogP contribution in [0.1, 0.15) is 29.3 Å². The molecule has 2 aliphatic rings. The number of benzene rings is 1. The third-order valence-electron chi connectivity index (χ3n) is 5.73. The minimum Gasteiger partial charge on any atom is -0.503 e. The van der Waals surface area contributed by atoms with E-state index in [0.717, 1.165) is 4.88 Å². The summed E-state index contributed by atoms with van der Waals surface area (Å²) in [5.41, 5.74) is 0.200. The van der Waals surface area contributed by atoms with Gasteiger partial charge in [-0.3, -0.25) is 4.79 Å². The number of nitrogens with zero attached hydrogens (tertiary/aromatic N) is 3. The van der Waals surface area contributed by atoms with Gasteiger partial charge in [0.1, 0.15) is 22.7 Å². The second kappa shape index (κ2) is 7.68. The first-order chi connectivity index (χ1) is 14.8. The van der Waals surface area contributed by atoms with Crippen molar-refractivity contribution < 1.29 is 19.3 Å². The molecule has 5 rings (SSSR count). The Kier molecular flexibility index (Phi) is 5.10. The van der Waals surface area contributed by atoms with E-state index in [2.05, 4.69) is 4.98 Å². The zero-order chi connectivity index (χ0) is 21.9. The monoisotopic (exact) mass is 463 g/mol. The number of fused-ring (bicyclic) bond motifs is 2. The second-order valence-corrected chi connectivity index (χ2v) is 9.26. The van der Waals surface area contributed by atoms with Crippen LogP contribution in [0.5, 0.6) is 5.75 Å². The summed E-state index contributed by atoms with van der Waals surface area (Å²) < 4.78 is 21.6. The Morgan fingerprint density at radius 1 is 1.42 bits per heavy atom. The van der Waals surface area contributed by atoms with Gasteiger partial charge in [0.25, 0.3) is 0 Å². The van der Waals surface area contributed by atoms with Gasteiger partial charge in [-0.1, -0.05) is 23.7 Å². The van der Waals surface area contributed by atoms with E-state index >= 15 is 0 Å². The number of aliphatic hydroxyl groups excluding tert-OH is 1.